The lowest BCUT2D eigenvalue weighted by molar-refractivity contribution is -0.137. The van der Waals surface area contributed by atoms with Crippen molar-refractivity contribution in [2.75, 3.05) is 0 Å². The molecular weight excluding hydrogens is 318 g/mol. The fourth-order valence-corrected chi connectivity index (χ4v) is 2.46. The maximum absolute atomic E-state index is 14.1. The van der Waals surface area contributed by atoms with Gasteiger partial charge in [0.05, 0.1) is 11.3 Å². The summed E-state index contributed by atoms with van der Waals surface area (Å²) < 4.78 is 51.9. The summed E-state index contributed by atoms with van der Waals surface area (Å²) in [5, 5.41) is 0.912. The predicted octanol–water partition coefficient (Wildman–Crippen LogP) is 5.71. The largest absolute Gasteiger partial charge is 0.416 e. The van der Waals surface area contributed by atoms with Crippen LogP contribution in [0.15, 0.2) is 48.5 Å². The first kappa shape index (κ1) is 14.8. The van der Waals surface area contributed by atoms with E-state index in [1.165, 1.54) is 30.3 Å². The van der Waals surface area contributed by atoms with E-state index in [2.05, 4.69) is 4.98 Å². The van der Waals surface area contributed by atoms with E-state index < -0.39 is 17.6 Å². The first-order valence-electron chi connectivity index (χ1n) is 6.28. The van der Waals surface area contributed by atoms with Gasteiger partial charge in [0.2, 0.25) is 0 Å². The van der Waals surface area contributed by atoms with Crippen molar-refractivity contribution >= 4 is 22.4 Å². The Morgan fingerprint density at radius 2 is 1.64 bits per heavy atom. The number of fused-ring (bicyclic) bond motifs is 1. The molecule has 0 saturated heterocycles. The number of hydrogen-bond acceptors (Lipinski definition) is 1. The molecule has 1 aromatic heterocycles. The van der Waals surface area contributed by atoms with E-state index in [0.717, 1.165) is 12.1 Å². The van der Waals surface area contributed by atoms with Crippen molar-refractivity contribution in [3.8, 4) is 11.3 Å². The Kier molecular flexibility index (Phi) is 3.53. The Morgan fingerprint density at radius 3 is 2.27 bits per heavy atom. The van der Waals surface area contributed by atoms with Crippen LogP contribution in [0.1, 0.15) is 5.56 Å². The number of halogens is 5. The average molecular weight is 326 g/mol. The molecule has 3 rings (SSSR count). The molecule has 0 radical (unpaired) electrons. The van der Waals surface area contributed by atoms with Gasteiger partial charge in [0, 0.05) is 10.9 Å². The van der Waals surface area contributed by atoms with Gasteiger partial charge in [0.1, 0.15) is 11.0 Å². The minimum Gasteiger partial charge on any atom is -0.235 e. The molecule has 0 saturated carbocycles. The second-order valence-corrected chi connectivity index (χ2v) is 5.09. The number of pyridine rings is 1. The van der Waals surface area contributed by atoms with Gasteiger partial charge in [0.15, 0.2) is 0 Å². The lowest BCUT2D eigenvalue weighted by atomic mass is 10.0. The van der Waals surface area contributed by atoms with Crippen LogP contribution < -0.4 is 0 Å². The summed E-state index contributed by atoms with van der Waals surface area (Å²) in [4.78, 5) is 4.07. The zero-order valence-corrected chi connectivity index (χ0v) is 11.7. The zero-order valence-electron chi connectivity index (χ0n) is 11.0. The van der Waals surface area contributed by atoms with E-state index >= 15 is 0 Å². The molecule has 0 aliphatic rings. The third-order valence-electron chi connectivity index (χ3n) is 3.26. The summed E-state index contributed by atoms with van der Waals surface area (Å²) in [5.41, 5.74) is -0.192. The molecular formula is C16H8ClF4N. The highest BCUT2D eigenvalue weighted by Gasteiger charge is 2.30. The van der Waals surface area contributed by atoms with Gasteiger partial charge in [0.25, 0.3) is 0 Å². The molecule has 0 bridgehead atoms. The Morgan fingerprint density at radius 1 is 0.955 bits per heavy atom. The maximum Gasteiger partial charge on any atom is 0.416 e. The minimum atomic E-state index is -4.42. The summed E-state index contributed by atoms with van der Waals surface area (Å²) in [6.45, 7) is 0. The Bertz CT molecular complexity index is 841. The molecule has 1 heterocycles. The van der Waals surface area contributed by atoms with Crippen LogP contribution in [0.3, 0.4) is 0 Å². The normalized spacial score (nSPS) is 11.9. The maximum atomic E-state index is 14.1. The molecule has 22 heavy (non-hydrogen) atoms. The van der Waals surface area contributed by atoms with Crippen LogP contribution in [-0.4, -0.2) is 4.98 Å². The van der Waals surface area contributed by atoms with Gasteiger partial charge >= 0.3 is 6.18 Å². The van der Waals surface area contributed by atoms with E-state index in [-0.39, 0.29) is 16.2 Å². The van der Waals surface area contributed by atoms with Gasteiger partial charge in [-0.3, -0.25) is 0 Å². The monoisotopic (exact) mass is 325 g/mol. The molecule has 2 aromatic carbocycles. The summed E-state index contributed by atoms with van der Waals surface area (Å²) in [6, 6.07) is 10.4. The lowest BCUT2D eigenvalue weighted by Crippen LogP contribution is -2.04. The molecule has 0 aliphatic carbocycles. The first-order chi connectivity index (χ1) is 10.4. The van der Waals surface area contributed by atoms with Crippen molar-refractivity contribution in [2.45, 2.75) is 6.18 Å². The fourth-order valence-electron chi connectivity index (χ4n) is 2.26. The van der Waals surface area contributed by atoms with Crippen molar-refractivity contribution in [3.63, 3.8) is 0 Å². The highest BCUT2D eigenvalue weighted by Crippen LogP contribution is 2.34. The van der Waals surface area contributed by atoms with Gasteiger partial charge in [-0.25, -0.2) is 9.37 Å². The van der Waals surface area contributed by atoms with Crippen LogP contribution in [0.4, 0.5) is 17.6 Å². The number of alkyl halides is 3. The second-order valence-electron chi connectivity index (χ2n) is 4.71. The Hall–Kier alpha value is -2.14. The van der Waals surface area contributed by atoms with Crippen LogP contribution in [-0.2, 0) is 6.18 Å². The minimum absolute atomic E-state index is 0.146. The van der Waals surface area contributed by atoms with Crippen LogP contribution in [0.5, 0.6) is 0 Å². The third-order valence-corrected chi connectivity index (χ3v) is 3.46. The van der Waals surface area contributed by atoms with Crippen molar-refractivity contribution in [1.82, 2.24) is 4.98 Å². The van der Waals surface area contributed by atoms with Crippen LogP contribution in [0.2, 0.25) is 5.15 Å². The highest BCUT2D eigenvalue weighted by molar-refractivity contribution is 6.30. The molecule has 0 amide bonds. The molecule has 0 atom stereocenters. The molecule has 0 aliphatic heterocycles. The second kappa shape index (κ2) is 5.25. The number of hydrogen-bond donors (Lipinski definition) is 0. The summed E-state index contributed by atoms with van der Waals surface area (Å²) >= 11 is 5.92. The van der Waals surface area contributed by atoms with Gasteiger partial charge in [-0.2, -0.15) is 13.2 Å². The van der Waals surface area contributed by atoms with E-state index in [1.807, 2.05) is 0 Å². The molecule has 0 fully saturated rings. The molecule has 112 valence electrons. The van der Waals surface area contributed by atoms with Gasteiger partial charge in [-0.05, 0) is 29.7 Å². The highest BCUT2D eigenvalue weighted by atomic mass is 35.5. The summed E-state index contributed by atoms with van der Waals surface area (Å²) in [5.74, 6) is -0.503. The topological polar surface area (TPSA) is 12.9 Å². The number of benzene rings is 2. The quantitative estimate of drug-likeness (QED) is 0.412. The molecule has 0 unspecified atom stereocenters. The van der Waals surface area contributed by atoms with E-state index in [1.54, 1.807) is 6.07 Å². The van der Waals surface area contributed by atoms with Crippen LogP contribution in [0.25, 0.3) is 22.0 Å². The molecule has 6 heteroatoms. The van der Waals surface area contributed by atoms with Gasteiger partial charge < -0.3 is 0 Å². The van der Waals surface area contributed by atoms with E-state index in [9.17, 15) is 17.6 Å². The molecule has 3 aromatic rings. The standard InChI is InChI=1S/C16H8ClF4N/c17-13-8-10-2-1-3-12(18)14(10)15(22-13)9-4-6-11(7-5-9)16(19,20)21/h1-8H. The fraction of sp³-hybridized carbons (Fsp3) is 0.0625. The first-order valence-corrected chi connectivity index (χ1v) is 6.66. The number of rotatable bonds is 1. The van der Waals surface area contributed by atoms with Crippen LogP contribution in [0, 0.1) is 5.82 Å². The summed E-state index contributed by atoms with van der Waals surface area (Å²) in [6.07, 6.45) is -4.42. The van der Waals surface area contributed by atoms with Crippen molar-refractivity contribution in [1.29, 1.82) is 0 Å². The SMILES string of the molecule is Fc1cccc2cc(Cl)nc(-c3ccc(C(F)(F)F)cc3)c12. The average Bonchev–Trinajstić information content (AvgIpc) is 2.45. The van der Waals surface area contributed by atoms with E-state index in [0.29, 0.717) is 10.9 Å². The molecule has 0 N–H and O–H groups in total. The lowest BCUT2D eigenvalue weighted by Gasteiger charge is -2.10. The summed E-state index contributed by atoms with van der Waals surface area (Å²) in [7, 11) is 0. The Labute approximate surface area is 128 Å². The van der Waals surface area contributed by atoms with Gasteiger partial charge in [-0.1, -0.05) is 35.9 Å². The van der Waals surface area contributed by atoms with Crippen molar-refractivity contribution in [3.05, 3.63) is 65.1 Å². The predicted molar refractivity (Wildman–Crippen MR) is 77.1 cm³/mol. The van der Waals surface area contributed by atoms with Crippen LogP contribution >= 0.6 is 11.6 Å². The Balaban J connectivity index is 2.22. The smallest absolute Gasteiger partial charge is 0.235 e. The van der Waals surface area contributed by atoms with Gasteiger partial charge in [-0.15, -0.1) is 0 Å². The number of nitrogens with zero attached hydrogens (tertiary/aromatic N) is 1. The van der Waals surface area contributed by atoms with E-state index in [4.69, 9.17) is 11.6 Å². The van der Waals surface area contributed by atoms with Crippen molar-refractivity contribution < 1.29 is 17.6 Å². The molecule has 1 nitrogen and oxygen atoms in total. The van der Waals surface area contributed by atoms with Crippen molar-refractivity contribution in [2.24, 2.45) is 0 Å². The third kappa shape index (κ3) is 2.64. The zero-order chi connectivity index (χ0) is 15.9. The number of aromatic nitrogens is 1. The molecule has 0 spiro atoms.